The lowest BCUT2D eigenvalue weighted by atomic mass is 10.3. The first kappa shape index (κ1) is 12.0. The van der Waals surface area contributed by atoms with E-state index in [1.54, 1.807) is 48.2 Å². The Morgan fingerprint density at radius 2 is 2.28 bits per heavy atom. The van der Waals surface area contributed by atoms with E-state index in [-0.39, 0.29) is 0 Å². The minimum Gasteiger partial charge on any atom is -0.480 e. The third-order valence-electron chi connectivity index (χ3n) is 2.65. The van der Waals surface area contributed by atoms with Gasteiger partial charge in [-0.2, -0.15) is 5.10 Å². The molecule has 94 valence electrons. The highest BCUT2D eigenvalue weighted by atomic mass is 16.4. The van der Waals surface area contributed by atoms with E-state index in [1.807, 2.05) is 0 Å². The predicted octanol–water partition coefficient (Wildman–Crippen LogP) is 0.572. The van der Waals surface area contributed by atoms with Crippen LogP contribution < -0.4 is 4.90 Å². The molecule has 0 aliphatic carbocycles. The fourth-order valence-electron chi connectivity index (χ4n) is 1.39. The molecule has 1 unspecified atom stereocenters. The van der Waals surface area contributed by atoms with Crippen molar-refractivity contribution in [3.8, 4) is 5.82 Å². The zero-order valence-corrected chi connectivity index (χ0v) is 10.1. The maximum atomic E-state index is 10.9. The molecule has 0 spiro atoms. The van der Waals surface area contributed by atoms with Crippen LogP contribution in [0.5, 0.6) is 0 Å². The van der Waals surface area contributed by atoms with Gasteiger partial charge >= 0.3 is 5.97 Å². The van der Waals surface area contributed by atoms with Crippen LogP contribution in [0.3, 0.4) is 0 Å². The lowest BCUT2D eigenvalue weighted by Gasteiger charge is -2.22. The quantitative estimate of drug-likeness (QED) is 0.850. The average Bonchev–Trinajstić information content (AvgIpc) is 2.91. The molecule has 2 heterocycles. The number of hydrogen-bond donors (Lipinski definition) is 1. The number of carboxylic acid groups (broad SMARTS) is 1. The SMILES string of the molecule is CC(C(=O)O)N(C)c1cncc(-n2cccn2)n1. The summed E-state index contributed by atoms with van der Waals surface area (Å²) in [7, 11) is 1.66. The van der Waals surface area contributed by atoms with E-state index in [0.29, 0.717) is 11.6 Å². The van der Waals surface area contributed by atoms with Crippen molar-refractivity contribution >= 4 is 11.8 Å². The average molecular weight is 247 g/mol. The molecule has 7 heteroatoms. The van der Waals surface area contributed by atoms with E-state index in [9.17, 15) is 4.79 Å². The smallest absolute Gasteiger partial charge is 0.326 e. The van der Waals surface area contributed by atoms with Crippen LogP contribution in [-0.2, 0) is 4.79 Å². The van der Waals surface area contributed by atoms with Crippen molar-refractivity contribution < 1.29 is 9.90 Å². The second-order valence-electron chi connectivity index (χ2n) is 3.81. The zero-order valence-electron chi connectivity index (χ0n) is 10.1. The molecule has 2 rings (SSSR count). The van der Waals surface area contributed by atoms with Gasteiger partial charge in [0.1, 0.15) is 11.9 Å². The standard InChI is InChI=1S/C11H13N5O2/c1-8(11(17)18)15(2)9-6-12-7-10(14-9)16-5-3-4-13-16/h3-8H,1-2H3,(H,17,18). The molecule has 1 atom stereocenters. The van der Waals surface area contributed by atoms with Gasteiger partial charge in [0.05, 0.1) is 12.4 Å². The lowest BCUT2D eigenvalue weighted by molar-refractivity contribution is -0.138. The highest BCUT2D eigenvalue weighted by Gasteiger charge is 2.18. The zero-order chi connectivity index (χ0) is 13.1. The fraction of sp³-hybridized carbons (Fsp3) is 0.273. The van der Waals surface area contributed by atoms with Crippen molar-refractivity contribution in [3.05, 3.63) is 30.9 Å². The number of nitrogens with zero attached hydrogens (tertiary/aromatic N) is 5. The third kappa shape index (κ3) is 2.29. The van der Waals surface area contributed by atoms with Crippen LogP contribution in [0.4, 0.5) is 5.82 Å². The van der Waals surface area contributed by atoms with Gasteiger partial charge in [-0.1, -0.05) is 0 Å². The highest BCUT2D eigenvalue weighted by molar-refractivity contribution is 5.76. The van der Waals surface area contributed by atoms with Gasteiger partial charge in [-0.05, 0) is 13.0 Å². The number of carbonyl (C=O) groups is 1. The molecule has 18 heavy (non-hydrogen) atoms. The maximum absolute atomic E-state index is 10.9. The van der Waals surface area contributed by atoms with E-state index in [4.69, 9.17) is 5.11 Å². The van der Waals surface area contributed by atoms with E-state index < -0.39 is 12.0 Å². The minimum absolute atomic E-state index is 0.484. The Hall–Kier alpha value is -2.44. The number of likely N-dealkylation sites (N-methyl/N-ethyl adjacent to an activating group) is 1. The van der Waals surface area contributed by atoms with Crippen LogP contribution in [0, 0.1) is 0 Å². The van der Waals surface area contributed by atoms with E-state index in [0.717, 1.165) is 0 Å². The molecule has 1 N–H and O–H groups in total. The molecular formula is C11H13N5O2. The molecule has 0 saturated carbocycles. The number of hydrogen-bond acceptors (Lipinski definition) is 5. The Labute approximate surface area is 104 Å². The number of carboxylic acids is 1. The van der Waals surface area contributed by atoms with Gasteiger partial charge in [0, 0.05) is 19.4 Å². The highest BCUT2D eigenvalue weighted by Crippen LogP contribution is 2.12. The van der Waals surface area contributed by atoms with E-state index in [2.05, 4.69) is 15.1 Å². The van der Waals surface area contributed by atoms with Gasteiger partial charge in [-0.15, -0.1) is 0 Å². The monoisotopic (exact) mass is 247 g/mol. The molecule has 0 amide bonds. The van der Waals surface area contributed by atoms with Crippen LogP contribution in [0.15, 0.2) is 30.9 Å². The molecular weight excluding hydrogens is 234 g/mol. The summed E-state index contributed by atoms with van der Waals surface area (Å²) in [6.07, 6.45) is 6.47. The van der Waals surface area contributed by atoms with Crippen molar-refractivity contribution in [2.24, 2.45) is 0 Å². The number of rotatable bonds is 4. The number of aliphatic carboxylic acids is 1. The normalized spacial score (nSPS) is 12.1. The second-order valence-corrected chi connectivity index (χ2v) is 3.81. The second kappa shape index (κ2) is 4.82. The molecule has 2 aromatic heterocycles. The molecule has 0 saturated heterocycles. The van der Waals surface area contributed by atoms with Crippen molar-refractivity contribution in [2.45, 2.75) is 13.0 Å². The van der Waals surface area contributed by atoms with Crippen molar-refractivity contribution in [2.75, 3.05) is 11.9 Å². The van der Waals surface area contributed by atoms with Crippen LogP contribution in [-0.4, -0.2) is 43.9 Å². The van der Waals surface area contributed by atoms with Gasteiger partial charge in [0.25, 0.3) is 0 Å². The lowest BCUT2D eigenvalue weighted by Crippen LogP contribution is -2.36. The minimum atomic E-state index is -0.913. The number of aromatic nitrogens is 4. The molecule has 0 aliphatic rings. The Morgan fingerprint density at radius 3 is 2.89 bits per heavy atom. The van der Waals surface area contributed by atoms with Crippen LogP contribution in [0.25, 0.3) is 5.82 Å². The van der Waals surface area contributed by atoms with Crippen molar-refractivity contribution in [1.82, 2.24) is 19.7 Å². The fourth-order valence-corrected chi connectivity index (χ4v) is 1.39. The van der Waals surface area contributed by atoms with E-state index >= 15 is 0 Å². The summed E-state index contributed by atoms with van der Waals surface area (Å²) in [4.78, 5) is 20.8. The van der Waals surface area contributed by atoms with Gasteiger partial charge in [0.2, 0.25) is 0 Å². The predicted molar refractivity (Wildman–Crippen MR) is 64.7 cm³/mol. The van der Waals surface area contributed by atoms with Gasteiger partial charge in [-0.3, -0.25) is 4.98 Å². The summed E-state index contributed by atoms with van der Waals surface area (Å²) in [5.74, 6) is 0.114. The van der Waals surface area contributed by atoms with Crippen LogP contribution in [0.1, 0.15) is 6.92 Å². The van der Waals surface area contributed by atoms with E-state index in [1.165, 1.54) is 6.20 Å². The van der Waals surface area contributed by atoms with Gasteiger partial charge in [0.15, 0.2) is 5.82 Å². The molecule has 0 aromatic carbocycles. The Kier molecular flexibility index (Phi) is 3.22. The molecule has 0 radical (unpaired) electrons. The Bertz CT molecular complexity index is 540. The van der Waals surface area contributed by atoms with Crippen molar-refractivity contribution in [1.29, 1.82) is 0 Å². The number of anilines is 1. The van der Waals surface area contributed by atoms with Gasteiger partial charge < -0.3 is 10.0 Å². The summed E-state index contributed by atoms with van der Waals surface area (Å²) < 4.78 is 1.57. The Morgan fingerprint density at radius 1 is 1.50 bits per heavy atom. The first-order chi connectivity index (χ1) is 8.59. The summed E-state index contributed by atoms with van der Waals surface area (Å²) in [5.41, 5.74) is 0. The summed E-state index contributed by atoms with van der Waals surface area (Å²) in [6, 6.07) is 1.10. The summed E-state index contributed by atoms with van der Waals surface area (Å²) >= 11 is 0. The molecule has 0 bridgehead atoms. The molecule has 0 aliphatic heterocycles. The first-order valence-corrected chi connectivity index (χ1v) is 5.37. The van der Waals surface area contributed by atoms with Crippen LogP contribution >= 0.6 is 0 Å². The topological polar surface area (TPSA) is 84.1 Å². The molecule has 7 nitrogen and oxygen atoms in total. The Balaban J connectivity index is 2.30. The van der Waals surface area contributed by atoms with Gasteiger partial charge in [-0.25, -0.2) is 14.5 Å². The first-order valence-electron chi connectivity index (χ1n) is 5.37. The third-order valence-corrected chi connectivity index (χ3v) is 2.65. The largest absolute Gasteiger partial charge is 0.480 e. The summed E-state index contributed by atoms with van der Waals surface area (Å²) in [5, 5.41) is 13.0. The van der Waals surface area contributed by atoms with Crippen molar-refractivity contribution in [3.63, 3.8) is 0 Å². The maximum Gasteiger partial charge on any atom is 0.326 e. The molecule has 0 fully saturated rings. The molecule has 2 aromatic rings. The van der Waals surface area contributed by atoms with Crippen LogP contribution in [0.2, 0.25) is 0 Å². The summed E-state index contributed by atoms with van der Waals surface area (Å²) in [6.45, 7) is 1.59.